The first-order chi connectivity index (χ1) is 14.5. The van der Waals surface area contributed by atoms with Gasteiger partial charge in [-0.1, -0.05) is 0 Å². The molecule has 0 atom stereocenters. The Bertz CT molecular complexity index is 1050. The number of anilines is 1. The topological polar surface area (TPSA) is 120 Å². The fourth-order valence-corrected chi connectivity index (χ4v) is 3.09. The first kappa shape index (κ1) is 21.3. The van der Waals surface area contributed by atoms with Crippen LogP contribution in [0, 0.1) is 6.92 Å². The molecule has 0 aliphatic heterocycles. The van der Waals surface area contributed by atoms with Crippen LogP contribution in [-0.2, 0) is 14.3 Å². The summed E-state index contributed by atoms with van der Waals surface area (Å²) in [6.07, 6.45) is 1.31. The van der Waals surface area contributed by atoms with Gasteiger partial charge >= 0.3 is 5.97 Å². The molecule has 0 aliphatic rings. The maximum Gasteiger partial charge on any atom is 0.315 e. The third kappa shape index (κ3) is 4.94. The van der Waals surface area contributed by atoms with Crippen LogP contribution in [0.5, 0.6) is 5.75 Å². The summed E-state index contributed by atoms with van der Waals surface area (Å²) in [5.74, 6) is 1.30. The maximum absolute atomic E-state index is 11.6. The number of benzene rings is 1. The summed E-state index contributed by atoms with van der Waals surface area (Å²) >= 11 is 0. The first-order valence-corrected chi connectivity index (χ1v) is 9.89. The van der Waals surface area contributed by atoms with Crippen LogP contribution in [0.4, 0.5) is 5.82 Å². The van der Waals surface area contributed by atoms with Crippen molar-refractivity contribution in [1.82, 2.24) is 24.9 Å². The van der Waals surface area contributed by atoms with Crippen LogP contribution in [0.1, 0.15) is 32.0 Å². The van der Waals surface area contributed by atoms with Gasteiger partial charge in [-0.25, -0.2) is 4.98 Å². The molecule has 0 radical (unpaired) electrons. The van der Waals surface area contributed by atoms with Gasteiger partial charge in [0.05, 0.1) is 24.8 Å². The van der Waals surface area contributed by atoms with Crippen molar-refractivity contribution < 1.29 is 19.1 Å². The molecule has 1 aromatic carbocycles. The molecule has 30 heavy (non-hydrogen) atoms. The molecule has 1 amide bonds. The number of unbranched alkanes of at least 4 members (excludes halogenated alkanes) is 1. The molecule has 3 aromatic rings. The van der Waals surface area contributed by atoms with Crippen molar-refractivity contribution in [3.05, 3.63) is 24.0 Å². The highest BCUT2D eigenvalue weighted by atomic mass is 16.5. The normalized spacial score (nSPS) is 10.9. The number of nitrogens with one attached hydrogen (secondary N) is 2. The van der Waals surface area contributed by atoms with Gasteiger partial charge in [-0.3, -0.25) is 14.0 Å². The van der Waals surface area contributed by atoms with Gasteiger partial charge in [0.15, 0.2) is 5.82 Å². The zero-order valence-corrected chi connectivity index (χ0v) is 17.4. The third-order valence-electron chi connectivity index (χ3n) is 4.52. The SMILES string of the molecule is CCOC(=O)CC(=O)NCCCCNc1nc2cc(OC)ccc2n2c(C)nnc12. The number of aryl methyl sites for hydroxylation is 1. The summed E-state index contributed by atoms with van der Waals surface area (Å²) in [6.45, 7) is 5.01. The lowest BCUT2D eigenvalue weighted by molar-refractivity contribution is -0.145. The second-order valence-electron chi connectivity index (χ2n) is 6.69. The van der Waals surface area contributed by atoms with E-state index in [-0.39, 0.29) is 18.9 Å². The zero-order valence-electron chi connectivity index (χ0n) is 17.4. The molecule has 3 rings (SSSR count). The number of nitrogens with zero attached hydrogens (tertiary/aromatic N) is 4. The Morgan fingerprint density at radius 1 is 1.17 bits per heavy atom. The van der Waals surface area contributed by atoms with E-state index in [4.69, 9.17) is 9.47 Å². The standard InChI is InChI=1S/C20H26N6O4/c1-4-30-18(28)12-17(27)21-9-5-6-10-22-19-20-25-24-13(2)26(20)16-8-7-14(29-3)11-15(16)23-19/h7-8,11H,4-6,9-10,12H2,1-3H3,(H,21,27)(H,22,23). The molecule has 0 bridgehead atoms. The van der Waals surface area contributed by atoms with Gasteiger partial charge in [0.2, 0.25) is 11.6 Å². The lowest BCUT2D eigenvalue weighted by Gasteiger charge is -2.11. The lowest BCUT2D eigenvalue weighted by Crippen LogP contribution is -2.27. The average molecular weight is 414 g/mol. The Balaban J connectivity index is 1.57. The van der Waals surface area contributed by atoms with Crippen molar-refractivity contribution in [3.8, 4) is 5.75 Å². The molecule has 2 heterocycles. The van der Waals surface area contributed by atoms with Gasteiger partial charge in [-0.05, 0) is 38.8 Å². The van der Waals surface area contributed by atoms with Crippen LogP contribution in [0.3, 0.4) is 0 Å². The van der Waals surface area contributed by atoms with Gasteiger partial charge in [0.25, 0.3) is 0 Å². The molecule has 0 saturated carbocycles. The highest BCUT2D eigenvalue weighted by Crippen LogP contribution is 2.24. The minimum absolute atomic E-state index is 0.249. The summed E-state index contributed by atoms with van der Waals surface area (Å²) in [4.78, 5) is 27.6. The van der Waals surface area contributed by atoms with Gasteiger partial charge in [0, 0.05) is 19.2 Å². The highest BCUT2D eigenvalue weighted by Gasteiger charge is 2.13. The minimum atomic E-state index is -0.511. The Hall–Kier alpha value is -3.43. The van der Waals surface area contributed by atoms with Crippen LogP contribution in [0.2, 0.25) is 0 Å². The average Bonchev–Trinajstić information content (AvgIpc) is 3.12. The third-order valence-corrected chi connectivity index (χ3v) is 4.52. The second-order valence-corrected chi connectivity index (χ2v) is 6.69. The Morgan fingerprint density at radius 3 is 2.73 bits per heavy atom. The number of fused-ring (bicyclic) bond motifs is 3. The predicted octanol–water partition coefficient (Wildman–Crippen LogP) is 1.86. The number of methoxy groups -OCH3 is 1. The lowest BCUT2D eigenvalue weighted by atomic mass is 10.2. The smallest absolute Gasteiger partial charge is 0.315 e. The van der Waals surface area contributed by atoms with Crippen molar-refractivity contribution in [3.63, 3.8) is 0 Å². The van der Waals surface area contributed by atoms with Crippen molar-refractivity contribution in [2.24, 2.45) is 0 Å². The number of carbonyl (C=O) groups excluding carboxylic acids is 2. The van der Waals surface area contributed by atoms with Gasteiger partial charge in [0.1, 0.15) is 18.0 Å². The summed E-state index contributed by atoms with van der Waals surface area (Å²) in [5, 5.41) is 14.4. The predicted molar refractivity (Wildman–Crippen MR) is 112 cm³/mol. The van der Waals surface area contributed by atoms with Crippen LogP contribution in [0.15, 0.2) is 18.2 Å². The number of hydrogen-bond donors (Lipinski definition) is 2. The number of rotatable bonds is 10. The van der Waals surface area contributed by atoms with Crippen LogP contribution in [-0.4, -0.2) is 58.3 Å². The monoisotopic (exact) mass is 414 g/mol. The summed E-state index contributed by atoms with van der Waals surface area (Å²) in [6, 6.07) is 5.69. The molecule has 10 heteroatoms. The zero-order chi connectivity index (χ0) is 21.5. The van der Waals surface area contributed by atoms with Crippen LogP contribution >= 0.6 is 0 Å². The summed E-state index contributed by atoms with van der Waals surface area (Å²) < 4.78 is 12.0. The number of carbonyl (C=O) groups is 2. The molecule has 0 unspecified atom stereocenters. The molecular weight excluding hydrogens is 388 g/mol. The first-order valence-electron chi connectivity index (χ1n) is 9.89. The van der Waals surface area contributed by atoms with E-state index < -0.39 is 5.97 Å². The van der Waals surface area contributed by atoms with E-state index in [1.54, 1.807) is 14.0 Å². The molecule has 2 N–H and O–H groups in total. The number of esters is 1. The largest absolute Gasteiger partial charge is 0.497 e. The summed E-state index contributed by atoms with van der Waals surface area (Å²) in [7, 11) is 1.62. The van der Waals surface area contributed by atoms with E-state index in [9.17, 15) is 9.59 Å². The molecule has 0 saturated heterocycles. The van der Waals surface area contributed by atoms with E-state index >= 15 is 0 Å². The molecule has 0 spiro atoms. The van der Waals surface area contributed by atoms with E-state index in [2.05, 4.69) is 25.8 Å². The molecule has 2 aromatic heterocycles. The summed E-state index contributed by atoms with van der Waals surface area (Å²) in [5.41, 5.74) is 2.34. The van der Waals surface area contributed by atoms with Crippen molar-refractivity contribution >= 4 is 34.4 Å². The van der Waals surface area contributed by atoms with Gasteiger partial charge < -0.3 is 20.1 Å². The fourth-order valence-electron chi connectivity index (χ4n) is 3.09. The van der Waals surface area contributed by atoms with Crippen LogP contribution in [0.25, 0.3) is 16.7 Å². The van der Waals surface area contributed by atoms with E-state index in [0.29, 0.717) is 24.6 Å². The minimum Gasteiger partial charge on any atom is -0.497 e. The number of ether oxygens (including phenoxy) is 2. The molecule has 160 valence electrons. The quantitative estimate of drug-likeness (QED) is 0.293. The van der Waals surface area contributed by atoms with E-state index in [1.165, 1.54) is 0 Å². The van der Waals surface area contributed by atoms with Crippen molar-refractivity contribution in [2.75, 3.05) is 32.1 Å². The van der Waals surface area contributed by atoms with Crippen molar-refractivity contribution in [2.45, 2.75) is 33.1 Å². The number of amides is 1. The van der Waals surface area contributed by atoms with E-state index in [0.717, 1.165) is 35.4 Å². The Kier molecular flexibility index (Phi) is 6.99. The fraction of sp³-hybridized carbons (Fsp3) is 0.450. The number of hydrogen-bond acceptors (Lipinski definition) is 8. The molecule has 0 aliphatic carbocycles. The van der Waals surface area contributed by atoms with Crippen LogP contribution < -0.4 is 15.4 Å². The maximum atomic E-state index is 11.6. The Morgan fingerprint density at radius 2 is 1.97 bits per heavy atom. The number of aromatic nitrogens is 4. The molecule has 0 fully saturated rings. The van der Waals surface area contributed by atoms with Gasteiger partial charge in [-0.15, -0.1) is 10.2 Å². The molecular formula is C20H26N6O4. The highest BCUT2D eigenvalue weighted by molar-refractivity contribution is 5.94. The molecule has 10 nitrogen and oxygen atoms in total. The Labute approximate surface area is 174 Å². The van der Waals surface area contributed by atoms with E-state index in [1.807, 2.05) is 29.5 Å². The second kappa shape index (κ2) is 9.86. The van der Waals surface area contributed by atoms with Crippen molar-refractivity contribution in [1.29, 1.82) is 0 Å². The van der Waals surface area contributed by atoms with Gasteiger partial charge in [-0.2, -0.15) is 0 Å².